The third kappa shape index (κ3) is 3.98. The largest absolute Gasteiger partial charge is 0.497 e. The summed E-state index contributed by atoms with van der Waals surface area (Å²) in [4.78, 5) is 22.4. The van der Waals surface area contributed by atoms with Crippen LogP contribution in [0.5, 0.6) is 5.75 Å². The molecule has 2 aromatic rings. The number of rotatable bonds is 5. The molecule has 0 heterocycles. The van der Waals surface area contributed by atoms with E-state index in [0.29, 0.717) is 0 Å². The maximum absolute atomic E-state index is 12.3. The first-order chi connectivity index (χ1) is 10.9. The number of benzene rings is 2. The number of amides is 1. The van der Waals surface area contributed by atoms with Gasteiger partial charge in [0, 0.05) is 12.1 Å². The van der Waals surface area contributed by atoms with Crippen LogP contribution in [0.1, 0.15) is 28.9 Å². The highest BCUT2D eigenvalue weighted by atomic mass is 35.5. The predicted octanol–water partition coefficient (Wildman–Crippen LogP) is 3.75. The molecule has 2 aromatic carbocycles. The molecule has 6 nitrogen and oxygen atoms in total. The van der Waals surface area contributed by atoms with Gasteiger partial charge in [-0.2, -0.15) is 0 Å². The Hall–Kier alpha value is -2.60. The lowest BCUT2D eigenvalue weighted by atomic mass is 10.1. The smallest absolute Gasteiger partial charge is 0.270 e. The first-order valence-corrected chi connectivity index (χ1v) is 7.19. The van der Waals surface area contributed by atoms with Crippen molar-refractivity contribution < 1.29 is 14.5 Å². The van der Waals surface area contributed by atoms with Crippen molar-refractivity contribution in [3.8, 4) is 5.75 Å². The number of hydrogen-bond donors (Lipinski definition) is 1. The fraction of sp³-hybridized carbons (Fsp3) is 0.188. The lowest BCUT2D eigenvalue weighted by Crippen LogP contribution is -2.26. The van der Waals surface area contributed by atoms with Gasteiger partial charge >= 0.3 is 0 Å². The van der Waals surface area contributed by atoms with Crippen molar-refractivity contribution in [1.29, 1.82) is 0 Å². The van der Waals surface area contributed by atoms with E-state index < -0.39 is 10.8 Å². The van der Waals surface area contributed by atoms with Gasteiger partial charge in [-0.05, 0) is 30.7 Å². The molecule has 0 saturated carbocycles. The third-order valence-electron chi connectivity index (χ3n) is 3.37. The average molecular weight is 335 g/mol. The number of nitro benzene ring substituents is 1. The molecular formula is C16H15ClN2O4. The maximum Gasteiger partial charge on any atom is 0.270 e. The van der Waals surface area contributed by atoms with Gasteiger partial charge in [-0.25, -0.2) is 0 Å². The van der Waals surface area contributed by atoms with Crippen LogP contribution in [0.25, 0.3) is 0 Å². The average Bonchev–Trinajstić information content (AvgIpc) is 2.54. The number of hydrogen-bond acceptors (Lipinski definition) is 4. The molecule has 0 aliphatic carbocycles. The normalized spacial score (nSPS) is 11.6. The lowest BCUT2D eigenvalue weighted by Gasteiger charge is -2.15. The molecule has 0 unspecified atom stereocenters. The zero-order valence-electron chi connectivity index (χ0n) is 12.6. The van der Waals surface area contributed by atoms with Crippen LogP contribution in [-0.4, -0.2) is 17.9 Å². The van der Waals surface area contributed by atoms with Gasteiger partial charge < -0.3 is 10.1 Å². The van der Waals surface area contributed by atoms with E-state index in [4.69, 9.17) is 16.3 Å². The van der Waals surface area contributed by atoms with Crippen molar-refractivity contribution in [3.63, 3.8) is 0 Å². The van der Waals surface area contributed by atoms with E-state index in [-0.39, 0.29) is 22.3 Å². The minimum absolute atomic E-state index is 0.0404. The van der Waals surface area contributed by atoms with Crippen LogP contribution in [0, 0.1) is 10.1 Å². The molecule has 7 heteroatoms. The van der Waals surface area contributed by atoms with Gasteiger partial charge in [0.15, 0.2) is 0 Å². The van der Waals surface area contributed by atoms with Crippen LogP contribution in [0.2, 0.25) is 5.02 Å². The maximum atomic E-state index is 12.3. The van der Waals surface area contributed by atoms with E-state index in [1.54, 1.807) is 19.2 Å². The molecule has 1 atom stereocenters. The fourth-order valence-corrected chi connectivity index (χ4v) is 2.31. The predicted molar refractivity (Wildman–Crippen MR) is 87.0 cm³/mol. The molecule has 0 fully saturated rings. The number of nitrogens with one attached hydrogen (secondary N) is 1. The second-order valence-electron chi connectivity index (χ2n) is 4.89. The summed E-state index contributed by atoms with van der Waals surface area (Å²) in [7, 11) is 1.58. The van der Waals surface area contributed by atoms with E-state index in [1.807, 2.05) is 19.1 Å². The van der Waals surface area contributed by atoms with Gasteiger partial charge in [-0.1, -0.05) is 23.7 Å². The summed E-state index contributed by atoms with van der Waals surface area (Å²) in [6.45, 7) is 1.83. The van der Waals surface area contributed by atoms with Crippen molar-refractivity contribution >= 4 is 23.2 Å². The van der Waals surface area contributed by atoms with Crippen LogP contribution in [0.15, 0.2) is 42.5 Å². The number of carbonyl (C=O) groups is 1. The molecule has 1 amide bonds. The Morgan fingerprint density at radius 1 is 1.26 bits per heavy atom. The number of carbonyl (C=O) groups excluding carboxylic acids is 1. The van der Waals surface area contributed by atoms with Gasteiger partial charge in [0.2, 0.25) is 0 Å². The number of methoxy groups -OCH3 is 1. The Balaban J connectivity index is 2.12. The second-order valence-corrected chi connectivity index (χ2v) is 5.30. The van der Waals surface area contributed by atoms with Gasteiger partial charge in [-0.3, -0.25) is 14.9 Å². The van der Waals surface area contributed by atoms with Crippen LogP contribution >= 0.6 is 11.6 Å². The number of ether oxygens (including phenoxy) is 1. The third-order valence-corrected chi connectivity index (χ3v) is 3.68. The molecule has 120 valence electrons. The number of non-ortho nitro benzene ring substituents is 1. The van der Waals surface area contributed by atoms with Gasteiger partial charge in [-0.15, -0.1) is 0 Å². The topological polar surface area (TPSA) is 81.5 Å². The number of nitro groups is 1. The van der Waals surface area contributed by atoms with Crippen molar-refractivity contribution in [1.82, 2.24) is 5.32 Å². The monoisotopic (exact) mass is 334 g/mol. The zero-order chi connectivity index (χ0) is 17.0. The molecule has 0 saturated heterocycles. The van der Waals surface area contributed by atoms with Crippen molar-refractivity contribution in [3.05, 3.63) is 68.7 Å². The Labute approximate surface area is 138 Å². The lowest BCUT2D eigenvalue weighted by molar-refractivity contribution is -0.384. The molecule has 0 aromatic heterocycles. The summed E-state index contributed by atoms with van der Waals surface area (Å²) in [5, 5.41) is 13.5. The van der Waals surface area contributed by atoms with Gasteiger partial charge in [0.1, 0.15) is 5.75 Å². The van der Waals surface area contributed by atoms with Crippen LogP contribution < -0.4 is 10.1 Å². The summed E-state index contributed by atoms with van der Waals surface area (Å²) in [5.41, 5.74) is 0.935. The molecule has 0 bridgehead atoms. The molecule has 0 aliphatic heterocycles. The highest BCUT2D eigenvalue weighted by Gasteiger charge is 2.17. The quantitative estimate of drug-likeness (QED) is 0.667. The Morgan fingerprint density at radius 2 is 1.91 bits per heavy atom. The van der Waals surface area contributed by atoms with E-state index in [2.05, 4.69) is 5.32 Å². The standard InChI is InChI=1S/C16H15ClN2O4/c1-10(11-3-6-13(23-2)7-4-11)18-16(20)14-8-5-12(19(21)22)9-15(14)17/h3-10H,1-2H3,(H,18,20)/t10-/m0/s1. The van der Waals surface area contributed by atoms with E-state index in [9.17, 15) is 14.9 Å². The van der Waals surface area contributed by atoms with E-state index >= 15 is 0 Å². The molecule has 0 aliphatic rings. The van der Waals surface area contributed by atoms with Crippen molar-refractivity contribution in [2.24, 2.45) is 0 Å². The molecule has 2 rings (SSSR count). The summed E-state index contributed by atoms with van der Waals surface area (Å²) in [6, 6.07) is 10.8. The minimum Gasteiger partial charge on any atom is -0.497 e. The van der Waals surface area contributed by atoms with Crippen LogP contribution in [-0.2, 0) is 0 Å². The Morgan fingerprint density at radius 3 is 2.43 bits per heavy atom. The summed E-state index contributed by atoms with van der Waals surface area (Å²) in [5.74, 6) is 0.332. The molecule has 0 spiro atoms. The Kier molecular flexibility index (Phi) is 5.18. The molecule has 23 heavy (non-hydrogen) atoms. The first kappa shape index (κ1) is 16.8. The van der Waals surface area contributed by atoms with E-state index in [1.165, 1.54) is 12.1 Å². The molecule has 0 radical (unpaired) electrons. The zero-order valence-corrected chi connectivity index (χ0v) is 13.3. The second kappa shape index (κ2) is 7.11. The summed E-state index contributed by atoms with van der Waals surface area (Å²) >= 11 is 5.96. The summed E-state index contributed by atoms with van der Waals surface area (Å²) < 4.78 is 5.09. The minimum atomic E-state index is -0.562. The van der Waals surface area contributed by atoms with Crippen LogP contribution in [0.3, 0.4) is 0 Å². The molecule has 1 N–H and O–H groups in total. The SMILES string of the molecule is COc1ccc([C@H](C)NC(=O)c2ccc([N+](=O)[O-])cc2Cl)cc1. The van der Waals surface area contributed by atoms with Crippen LogP contribution in [0.4, 0.5) is 5.69 Å². The van der Waals surface area contributed by atoms with Gasteiger partial charge in [0.05, 0.1) is 28.7 Å². The van der Waals surface area contributed by atoms with Crippen molar-refractivity contribution in [2.45, 2.75) is 13.0 Å². The highest BCUT2D eigenvalue weighted by Crippen LogP contribution is 2.23. The highest BCUT2D eigenvalue weighted by molar-refractivity contribution is 6.34. The fourth-order valence-electron chi connectivity index (χ4n) is 2.05. The Bertz CT molecular complexity index is 731. The van der Waals surface area contributed by atoms with E-state index in [0.717, 1.165) is 17.4 Å². The molecular weight excluding hydrogens is 320 g/mol. The summed E-state index contributed by atoms with van der Waals surface area (Å²) in [6.07, 6.45) is 0. The first-order valence-electron chi connectivity index (χ1n) is 6.81. The van der Waals surface area contributed by atoms with Gasteiger partial charge in [0.25, 0.3) is 11.6 Å². The number of halogens is 1. The van der Waals surface area contributed by atoms with Crippen molar-refractivity contribution in [2.75, 3.05) is 7.11 Å². The number of nitrogens with zero attached hydrogens (tertiary/aromatic N) is 1.